The van der Waals surface area contributed by atoms with Crippen molar-refractivity contribution in [1.29, 1.82) is 0 Å². The second kappa shape index (κ2) is 5.53. The highest BCUT2D eigenvalue weighted by Crippen LogP contribution is 2.24. The summed E-state index contributed by atoms with van der Waals surface area (Å²) in [6, 6.07) is 5.88. The molecule has 0 amide bonds. The number of rotatable bonds is 4. The minimum absolute atomic E-state index is 0.0598. The minimum Gasteiger partial charge on any atom is -0.212 e. The Bertz CT molecular complexity index is 718. The lowest BCUT2D eigenvalue weighted by Gasteiger charge is -2.16. The molecule has 21 heavy (non-hydrogen) atoms. The van der Waals surface area contributed by atoms with Crippen LogP contribution in [0.25, 0.3) is 0 Å². The van der Waals surface area contributed by atoms with Crippen LogP contribution < -0.4 is 0 Å². The van der Waals surface area contributed by atoms with Gasteiger partial charge in [-0.15, -0.1) is 0 Å². The molecular formula is C13H15FN4O2S. The van der Waals surface area contributed by atoms with Crippen LogP contribution in [0.3, 0.4) is 0 Å². The van der Waals surface area contributed by atoms with Crippen LogP contribution in [0.4, 0.5) is 4.39 Å². The van der Waals surface area contributed by atoms with E-state index in [1.54, 1.807) is 24.5 Å². The van der Waals surface area contributed by atoms with Gasteiger partial charge in [0.2, 0.25) is 10.0 Å². The Kier molecular flexibility index (Phi) is 3.73. The topological polar surface area (TPSA) is 68.1 Å². The molecule has 112 valence electrons. The molecule has 2 aromatic rings. The number of sulfonamides is 1. The van der Waals surface area contributed by atoms with Crippen molar-refractivity contribution in [3.63, 3.8) is 0 Å². The average Bonchev–Trinajstić information content (AvgIpc) is 3.11. The van der Waals surface area contributed by atoms with Gasteiger partial charge in [-0.3, -0.25) is 0 Å². The van der Waals surface area contributed by atoms with E-state index in [0.717, 1.165) is 0 Å². The van der Waals surface area contributed by atoms with E-state index in [9.17, 15) is 12.8 Å². The van der Waals surface area contributed by atoms with Gasteiger partial charge in [0.15, 0.2) is 0 Å². The average molecular weight is 310 g/mol. The van der Waals surface area contributed by atoms with Crippen molar-refractivity contribution in [2.24, 2.45) is 0 Å². The zero-order chi connectivity index (χ0) is 14.9. The monoisotopic (exact) mass is 310 g/mol. The number of hydrogen-bond donors (Lipinski definition) is 0. The molecule has 0 N–H and O–H groups in total. The fourth-order valence-corrected chi connectivity index (χ4v) is 4.06. The van der Waals surface area contributed by atoms with Crippen LogP contribution in [0.1, 0.15) is 18.0 Å². The summed E-state index contributed by atoms with van der Waals surface area (Å²) >= 11 is 0. The van der Waals surface area contributed by atoms with Crippen LogP contribution in [0, 0.1) is 5.82 Å². The summed E-state index contributed by atoms with van der Waals surface area (Å²) in [7, 11) is -3.54. The van der Waals surface area contributed by atoms with Crippen molar-refractivity contribution in [1.82, 2.24) is 19.3 Å². The normalized spacial score (nSPS) is 20.0. The van der Waals surface area contributed by atoms with Crippen molar-refractivity contribution in [2.75, 3.05) is 13.1 Å². The summed E-state index contributed by atoms with van der Waals surface area (Å²) in [6.07, 6.45) is 3.79. The molecule has 1 saturated heterocycles. The molecule has 1 aliphatic rings. The third-order valence-electron chi connectivity index (χ3n) is 3.58. The summed E-state index contributed by atoms with van der Waals surface area (Å²) in [5.74, 6) is -0.815. The Labute approximate surface area is 122 Å². The summed E-state index contributed by atoms with van der Waals surface area (Å²) in [6.45, 7) is 0.731. The fraction of sp³-hybridized carbons (Fsp3) is 0.385. The van der Waals surface area contributed by atoms with E-state index in [4.69, 9.17) is 0 Å². The molecule has 6 nitrogen and oxygen atoms in total. The molecule has 0 spiro atoms. The Morgan fingerprint density at radius 3 is 2.67 bits per heavy atom. The summed E-state index contributed by atoms with van der Waals surface area (Å²) in [5, 5.41) is 8.07. The second-order valence-electron chi connectivity index (χ2n) is 5.00. The molecule has 1 atom stereocenters. The second-order valence-corrected chi connectivity index (χ2v) is 6.97. The molecule has 1 fully saturated rings. The highest BCUT2D eigenvalue weighted by Gasteiger charge is 2.33. The quantitative estimate of drug-likeness (QED) is 0.851. The molecule has 1 unspecified atom stereocenters. The van der Waals surface area contributed by atoms with E-state index in [-0.39, 0.29) is 17.4 Å². The number of aromatic nitrogens is 3. The van der Waals surface area contributed by atoms with Gasteiger partial charge in [0, 0.05) is 18.7 Å². The Morgan fingerprint density at radius 1 is 1.24 bits per heavy atom. The van der Waals surface area contributed by atoms with Crippen LogP contribution in [0.15, 0.2) is 36.7 Å². The van der Waals surface area contributed by atoms with Crippen LogP contribution in [0.5, 0.6) is 0 Å². The van der Waals surface area contributed by atoms with E-state index in [0.29, 0.717) is 19.5 Å². The standard InChI is InChI=1S/C13H15FN4O2S/c14-13-4-2-1-3-11(13)10-21(19,20)17-8-5-12(9-17)18-15-6-7-16-18/h1-4,6-7,12H,5,8-10H2. The molecule has 2 heterocycles. The van der Waals surface area contributed by atoms with Crippen LogP contribution in [0.2, 0.25) is 0 Å². The van der Waals surface area contributed by atoms with Gasteiger partial charge < -0.3 is 0 Å². The summed E-state index contributed by atoms with van der Waals surface area (Å²) in [5.41, 5.74) is 0.193. The first-order chi connectivity index (χ1) is 10.1. The zero-order valence-electron chi connectivity index (χ0n) is 11.3. The Balaban J connectivity index is 1.73. The van der Waals surface area contributed by atoms with Crippen molar-refractivity contribution in [2.45, 2.75) is 18.2 Å². The smallest absolute Gasteiger partial charge is 0.212 e. The molecule has 3 rings (SSSR count). The van der Waals surface area contributed by atoms with Crippen molar-refractivity contribution >= 4 is 10.0 Å². The van der Waals surface area contributed by atoms with E-state index in [1.807, 2.05) is 0 Å². The third-order valence-corrected chi connectivity index (χ3v) is 5.37. The first-order valence-electron chi connectivity index (χ1n) is 6.63. The third kappa shape index (κ3) is 2.96. The zero-order valence-corrected chi connectivity index (χ0v) is 12.1. The molecule has 0 bridgehead atoms. The molecule has 0 radical (unpaired) electrons. The van der Waals surface area contributed by atoms with Gasteiger partial charge >= 0.3 is 0 Å². The molecular weight excluding hydrogens is 295 g/mol. The summed E-state index contributed by atoms with van der Waals surface area (Å²) in [4.78, 5) is 1.53. The van der Waals surface area contributed by atoms with E-state index in [2.05, 4.69) is 10.2 Å². The maximum Gasteiger partial charge on any atom is 0.218 e. The molecule has 1 aliphatic heterocycles. The van der Waals surface area contributed by atoms with Crippen molar-refractivity contribution in [3.05, 3.63) is 48.0 Å². The van der Waals surface area contributed by atoms with Gasteiger partial charge in [-0.1, -0.05) is 18.2 Å². The predicted molar refractivity (Wildman–Crippen MR) is 74.3 cm³/mol. The minimum atomic E-state index is -3.54. The van der Waals surface area contributed by atoms with Crippen LogP contribution in [-0.4, -0.2) is 40.8 Å². The number of halogens is 1. The number of benzene rings is 1. The molecule has 0 saturated carbocycles. The SMILES string of the molecule is O=S(=O)(Cc1ccccc1F)N1CCC(n2nccn2)C1. The highest BCUT2D eigenvalue weighted by atomic mass is 32.2. The Hall–Kier alpha value is -1.80. The van der Waals surface area contributed by atoms with Gasteiger partial charge in [0.05, 0.1) is 24.2 Å². The molecule has 1 aromatic heterocycles. The lowest BCUT2D eigenvalue weighted by atomic mass is 10.2. The lowest BCUT2D eigenvalue weighted by Crippen LogP contribution is -2.30. The van der Waals surface area contributed by atoms with Crippen molar-refractivity contribution < 1.29 is 12.8 Å². The molecule has 0 aliphatic carbocycles. The van der Waals surface area contributed by atoms with Crippen molar-refractivity contribution in [3.8, 4) is 0 Å². The summed E-state index contributed by atoms with van der Waals surface area (Å²) < 4.78 is 39.7. The maximum absolute atomic E-state index is 13.6. The lowest BCUT2D eigenvalue weighted by molar-refractivity contribution is 0.402. The number of hydrogen-bond acceptors (Lipinski definition) is 4. The van der Waals surface area contributed by atoms with E-state index >= 15 is 0 Å². The maximum atomic E-state index is 13.6. The first-order valence-corrected chi connectivity index (χ1v) is 8.24. The highest BCUT2D eigenvalue weighted by molar-refractivity contribution is 7.88. The predicted octanol–water partition coefficient (Wildman–Crippen LogP) is 1.19. The van der Waals surface area contributed by atoms with Gasteiger partial charge in [-0.25, -0.2) is 12.8 Å². The van der Waals surface area contributed by atoms with Gasteiger partial charge in [0.1, 0.15) is 5.82 Å². The molecule has 1 aromatic carbocycles. The molecule has 8 heteroatoms. The van der Waals surface area contributed by atoms with Crippen LogP contribution >= 0.6 is 0 Å². The Morgan fingerprint density at radius 2 is 1.95 bits per heavy atom. The first kappa shape index (κ1) is 14.2. The van der Waals surface area contributed by atoms with Gasteiger partial charge in [0.25, 0.3) is 0 Å². The van der Waals surface area contributed by atoms with E-state index in [1.165, 1.54) is 21.2 Å². The van der Waals surface area contributed by atoms with Gasteiger partial charge in [-0.05, 0) is 12.5 Å². The van der Waals surface area contributed by atoms with E-state index < -0.39 is 15.8 Å². The fourth-order valence-electron chi connectivity index (χ4n) is 2.47. The van der Waals surface area contributed by atoms with Gasteiger partial charge in [-0.2, -0.15) is 19.3 Å². The largest absolute Gasteiger partial charge is 0.218 e. The number of nitrogens with zero attached hydrogens (tertiary/aromatic N) is 4. The van der Waals surface area contributed by atoms with Crippen LogP contribution in [-0.2, 0) is 15.8 Å².